The van der Waals surface area contributed by atoms with Crippen LogP contribution in [0.25, 0.3) is 11.1 Å². The summed E-state index contributed by atoms with van der Waals surface area (Å²) in [5.74, 6) is -1.69. The highest BCUT2D eigenvalue weighted by Gasteiger charge is 2.17. The molecule has 0 saturated carbocycles. The zero-order valence-electron chi connectivity index (χ0n) is 11.9. The Labute approximate surface area is 125 Å². The number of rotatable bonds is 4. The fourth-order valence-electron chi connectivity index (χ4n) is 1.92. The molecule has 0 saturated heterocycles. The highest BCUT2D eigenvalue weighted by atomic mass is 16.5. The summed E-state index contributed by atoms with van der Waals surface area (Å²) in [6.45, 7) is 0. The lowest BCUT2D eigenvalue weighted by molar-refractivity contribution is 0.0593. The molecular formula is C15H13NO6. The summed E-state index contributed by atoms with van der Waals surface area (Å²) in [6.07, 6.45) is 0. The number of ether oxygens (including phenoxy) is 2. The number of aromatic hydroxyl groups is 1. The summed E-state index contributed by atoms with van der Waals surface area (Å²) in [5, 5.41) is 18.6. The first-order chi connectivity index (χ1) is 10.5. The molecule has 22 heavy (non-hydrogen) atoms. The van der Waals surface area contributed by atoms with Gasteiger partial charge in [-0.1, -0.05) is 0 Å². The number of hydrogen-bond acceptors (Lipinski definition) is 6. The minimum absolute atomic E-state index is 0.00121. The van der Waals surface area contributed by atoms with Crippen molar-refractivity contribution in [3.8, 4) is 22.6 Å². The highest BCUT2D eigenvalue weighted by Crippen LogP contribution is 2.33. The van der Waals surface area contributed by atoms with Crippen LogP contribution in [0.15, 0.2) is 30.3 Å². The molecule has 2 rings (SSSR count). The second-order valence-corrected chi connectivity index (χ2v) is 4.31. The predicted molar refractivity (Wildman–Crippen MR) is 76.2 cm³/mol. The largest absolute Gasteiger partial charge is 0.508 e. The fourth-order valence-corrected chi connectivity index (χ4v) is 1.92. The van der Waals surface area contributed by atoms with Gasteiger partial charge in [0.1, 0.15) is 22.9 Å². The first kappa shape index (κ1) is 15.3. The van der Waals surface area contributed by atoms with Gasteiger partial charge >= 0.3 is 11.9 Å². The van der Waals surface area contributed by atoms with Gasteiger partial charge < -0.3 is 19.7 Å². The van der Waals surface area contributed by atoms with Crippen molar-refractivity contribution in [2.75, 3.05) is 14.2 Å². The molecule has 0 spiro atoms. The lowest BCUT2D eigenvalue weighted by Crippen LogP contribution is -2.09. The van der Waals surface area contributed by atoms with Crippen LogP contribution in [0.5, 0.6) is 11.5 Å². The van der Waals surface area contributed by atoms with E-state index in [1.54, 1.807) is 6.07 Å². The Kier molecular flexibility index (Phi) is 4.26. The monoisotopic (exact) mass is 303 g/mol. The van der Waals surface area contributed by atoms with Crippen LogP contribution < -0.4 is 4.74 Å². The van der Waals surface area contributed by atoms with E-state index in [0.29, 0.717) is 16.9 Å². The third kappa shape index (κ3) is 2.98. The summed E-state index contributed by atoms with van der Waals surface area (Å²) in [5.41, 5.74) is 0.487. The molecule has 0 aliphatic carbocycles. The van der Waals surface area contributed by atoms with Crippen LogP contribution >= 0.6 is 0 Å². The van der Waals surface area contributed by atoms with Crippen LogP contribution in [-0.2, 0) is 4.74 Å². The van der Waals surface area contributed by atoms with Crippen molar-refractivity contribution in [3.63, 3.8) is 0 Å². The molecule has 2 aromatic rings. The molecule has 1 aromatic heterocycles. The van der Waals surface area contributed by atoms with Gasteiger partial charge in [-0.3, -0.25) is 0 Å². The normalized spacial score (nSPS) is 10.1. The van der Waals surface area contributed by atoms with Crippen LogP contribution in [-0.4, -0.2) is 41.4 Å². The predicted octanol–water partition coefficient (Wildman–Crippen LogP) is 1.95. The van der Waals surface area contributed by atoms with Crippen molar-refractivity contribution in [1.29, 1.82) is 0 Å². The van der Waals surface area contributed by atoms with Crippen LogP contribution in [0.2, 0.25) is 0 Å². The molecule has 0 radical (unpaired) electrons. The van der Waals surface area contributed by atoms with E-state index in [1.165, 1.54) is 38.5 Å². The molecule has 0 fully saturated rings. The molecule has 2 N–H and O–H groups in total. The lowest BCUT2D eigenvalue weighted by Gasteiger charge is -2.11. The van der Waals surface area contributed by atoms with E-state index in [4.69, 9.17) is 9.84 Å². The zero-order valence-corrected chi connectivity index (χ0v) is 11.9. The number of carboxylic acids is 1. The van der Waals surface area contributed by atoms with E-state index >= 15 is 0 Å². The molecule has 0 atom stereocenters. The van der Waals surface area contributed by atoms with Crippen molar-refractivity contribution in [2.24, 2.45) is 0 Å². The first-order valence-electron chi connectivity index (χ1n) is 6.17. The topological polar surface area (TPSA) is 106 Å². The van der Waals surface area contributed by atoms with Gasteiger partial charge in [0.05, 0.1) is 14.2 Å². The number of carboxylic acid groups (broad SMARTS) is 1. The zero-order chi connectivity index (χ0) is 16.3. The summed E-state index contributed by atoms with van der Waals surface area (Å²) >= 11 is 0. The van der Waals surface area contributed by atoms with Gasteiger partial charge in [-0.05, 0) is 29.8 Å². The number of nitrogens with zero attached hydrogens (tertiary/aromatic N) is 1. The van der Waals surface area contributed by atoms with Crippen LogP contribution in [0.1, 0.15) is 21.0 Å². The molecule has 114 valence electrons. The maximum atomic E-state index is 11.6. The number of phenolic OH excluding ortho intramolecular Hbond substituents is 1. The maximum Gasteiger partial charge on any atom is 0.356 e. The molecule has 1 heterocycles. The smallest absolute Gasteiger partial charge is 0.356 e. The van der Waals surface area contributed by atoms with Crippen molar-refractivity contribution in [1.82, 2.24) is 4.98 Å². The number of hydrogen-bond donors (Lipinski definition) is 2. The molecular weight excluding hydrogens is 290 g/mol. The van der Waals surface area contributed by atoms with Gasteiger partial charge in [0.25, 0.3) is 0 Å². The maximum absolute atomic E-state index is 11.6. The Morgan fingerprint density at radius 1 is 1.09 bits per heavy atom. The van der Waals surface area contributed by atoms with Gasteiger partial charge in [-0.15, -0.1) is 0 Å². The van der Waals surface area contributed by atoms with Gasteiger partial charge in [-0.2, -0.15) is 0 Å². The molecule has 0 amide bonds. The van der Waals surface area contributed by atoms with E-state index in [1.807, 2.05) is 0 Å². The number of pyridine rings is 1. The quantitative estimate of drug-likeness (QED) is 0.831. The molecule has 7 heteroatoms. The van der Waals surface area contributed by atoms with E-state index < -0.39 is 11.9 Å². The Bertz CT molecular complexity index is 741. The Morgan fingerprint density at radius 3 is 2.36 bits per heavy atom. The fraction of sp³-hybridized carbons (Fsp3) is 0.133. The number of esters is 1. The molecule has 1 aromatic carbocycles. The van der Waals surface area contributed by atoms with Crippen molar-refractivity contribution in [3.05, 3.63) is 41.7 Å². The van der Waals surface area contributed by atoms with E-state index in [-0.39, 0.29) is 17.1 Å². The van der Waals surface area contributed by atoms with E-state index in [0.717, 1.165) is 0 Å². The number of carbonyl (C=O) groups is 2. The Hall–Kier alpha value is -3.09. The first-order valence-corrected chi connectivity index (χ1v) is 6.17. The van der Waals surface area contributed by atoms with Gasteiger partial charge in [0.2, 0.25) is 0 Å². The second-order valence-electron chi connectivity index (χ2n) is 4.31. The van der Waals surface area contributed by atoms with Gasteiger partial charge in [-0.25, -0.2) is 14.6 Å². The Morgan fingerprint density at radius 2 is 1.77 bits per heavy atom. The SMILES string of the molecule is COC(=O)c1cc(-c2ccc(O)cc2OC)cc(C(=O)O)n1. The molecule has 0 unspecified atom stereocenters. The summed E-state index contributed by atoms with van der Waals surface area (Å²) in [4.78, 5) is 26.5. The van der Waals surface area contributed by atoms with Crippen molar-refractivity contribution < 1.29 is 29.3 Å². The van der Waals surface area contributed by atoms with Crippen LogP contribution in [0, 0.1) is 0 Å². The summed E-state index contributed by atoms with van der Waals surface area (Å²) < 4.78 is 9.74. The van der Waals surface area contributed by atoms with Gasteiger partial charge in [0, 0.05) is 11.6 Å². The van der Waals surface area contributed by atoms with Crippen molar-refractivity contribution >= 4 is 11.9 Å². The number of carbonyl (C=O) groups excluding carboxylic acids is 1. The van der Waals surface area contributed by atoms with Gasteiger partial charge in [0.15, 0.2) is 0 Å². The minimum atomic E-state index is -1.27. The molecule has 7 nitrogen and oxygen atoms in total. The van der Waals surface area contributed by atoms with Crippen LogP contribution in [0.4, 0.5) is 0 Å². The standard InChI is InChI=1S/C15H13NO6/c1-21-13-7-9(17)3-4-10(13)8-5-11(14(18)19)16-12(6-8)15(20)22-2/h3-7,17H,1-2H3,(H,18,19). The third-order valence-corrected chi connectivity index (χ3v) is 2.94. The molecule has 0 aliphatic heterocycles. The number of aromatic nitrogens is 1. The Balaban J connectivity index is 2.66. The average molecular weight is 303 g/mol. The van der Waals surface area contributed by atoms with E-state index in [9.17, 15) is 14.7 Å². The van der Waals surface area contributed by atoms with Crippen molar-refractivity contribution in [2.45, 2.75) is 0 Å². The summed E-state index contributed by atoms with van der Waals surface area (Å²) in [6, 6.07) is 7.07. The minimum Gasteiger partial charge on any atom is -0.508 e. The second kappa shape index (κ2) is 6.13. The molecule has 0 bridgehead atoms. The lowest BCUT2D eigenvalue weighted by atomic mass is 10.0. The molecule has 0 aliphatic rings. The number of methoxy groups -OCH3 is 2. The number of aromatic carboxylic acids is 1. The summed E-state index contributed by atoms with van der Waals surface area (Å²) in [7, 11) is 2.59. The highest BCUT2D eigenvalue weighted by molar-refractivity contribution is 5.93. The average Bonchev–Trinajstić information content (AvgIpc) is 2.53. The number of phenols is 1. The number of benzene rings is 1. The third-order valence-electron chi connectivity index (χ3n) is 2.94. The van der Waals surface area contributed by atoms with E-state index in [2.05, 4.69) is 9.72 Å². The van der Waals surface area contributed by atoms with Crippen LogP contribution in [0.3, 0.4) is 0 Å².